The quantitative estimate of drug-likeness (QED) is 0.548. The Bertz CT molecular complexity index is 525. The van der Waals surface area contributed by atoms with E-state index in [9.17, 15) is 4.79 Å². The Labute approximate surface area is 128 Å². The van der Waals surface area contributed by atoms with Crippen molar-refractivity contribution in [3.05, 3.63) is 72.0 Å². The van der Waals surface area contributed by atoms with Crippen LogP contribution in [0.3, 0.4) is 0 Å². The Morgan fingerprint density at radius 2 is 1.86 bits per heavy atom. The molecule has 0 aliphatic heterocycles. The van der Waals surface area contributed by atoms with Crippen LogP contribution in [0.4, 0.5) is 0 Å². The summed E-state index contributed by atoms with van der Waals surface area (Å²) in [5.74, 6) is -0.225. The van der Waals surface area contributed by atoms with E-state index in [1.807, 2.05) is 13.8 Å². The summed E-state index contributed by atoms with van der Waals surface area (Å²) in [5.41, 5.74) is 4.96. The van der Waals surface area contributed by atoms with Crippen LogP contribution < -0.4 is 5.32 Å². The van der Waals surface area contributed by atoms with Crippen LogP contribution in [0.15, 0.2) is 60.8 Å². The minimum atomic E-state index is -0.225. The summed E-state index contributed by atoms with van der Waals surface area (Å²) in [6.07, 6.45) is 2.50. The van der Waals surface area contributed by atoms with Gasteiger partial charge in [0.15, 0.2) is 0 Å². The second-order valence-corrected chi connectivity index (χ2v) is 5.37. The molecule has 0 fully saturated rings. The van der Waals surface area contributed by atoms with Gasteiger partial charge in [-0.05, 0) is 36.5 Å². The molecule has 0 radical (unpaired) electrons. The van der Waals surface area contributed by atoms with Gasteiger partial charge in [-0.25, -0.2) is 0 Å². The standard InChI is InChI=1S/C19H25NO/c1-6-16(4)20-12-15(3)17(5)19(13-21)11-18-9-7-14(2)8-10-18/h7-10,13,19-20H,3-6,11-12H2,1-2H3/t19-/m0/s1. The number of rotatable bonds is 9. The summed E-state index contributed by atoms with van der Waals surface area (Å²) < 4.78 is 0. The van der Waals surface area contributed by atoms with Gasteiger partial charge in [0.2, 0.25) is 0 Å². The molecule has 0 spiro atoms. The summed E-state index contributed by atoms with van der Waals surface area (Å²) in [6.45, 7) is 16.6. The largest absolute Gasteiger partial charge is 0.385 e. The topological polar surface area (TPSA) is 29.1 Å². The molecular weight excluding hydrogens is 258 g/mol. The number of aryl methyl sites for hydroxylation is 1. The van der Waals surface area contributed by atoms with E-state index in [2.05, 4.69) is 49.3 Å². The van der Waals surface area contributed by atoms with Crippen molar-refractivity contribution >= 4 is 6.29 Å². The van der Waals surface area contributed by atoms with Crippen molar-refractivity contribution in [2.45, 2.75) is 26.7 Å². The van der Waals surface area contributed by atoms with Crippen LogP contribution >= 0.6 is 0 Å². The van der Waals surface area contributed by atoms with E-state index in [1.54, 1.807) is 0 Å². The Morgan fingerprint density at radius 3 is 2.38 bits per heavy atom. The molecule has 1 N–H and O–H groups in total. The lowest BCUT2D eigenvalue weighted by atomic mass is 9.89. The van der Waals surface area contributed by atoms with Crippen LogP contribution in [0.5, 0.6) is 0 Å². The van der Waals surface area contributed by atoms with Crippen LogP contribution in [0.2, 0.25) is 0 Å². The molecule has 0 amide bonds. The number of hydrogen-bond donors (Lipinski definition) is 1. The maximum Gasteiger partial charge on any atom is 0.127 e. The highest BCUT2D eigenvalue weighted by atomic mass is 16.1. The van der Waals surface area contributed by atoms with E-state index >= 15 is 0 Å². The van der Waals surface area contributed by atoms with Crippen molar-refractivity contribution in [1.82, 2.24) is 5.32 Å². The van der Waals surface area contributed by atoms with Crippen LogP contribution in [0, 0.1) is 12.8 Å². The molecule has 0 aliphatic rings. The van der Waals surface area contributed by atoms with Gasteiger partial charge in [0.1, 0.15) is 6.29 Å². The third kappa shape index (κ3) is 5.42. The monoisotopic (exact) mass is 283 g/mol. The van der Waals surface area contributed by atoms with Crippen molar-refractivity contribution in [1.29, 1.82) is 0 Å². The molecule has 0 bridgehead atoms. The third-order valence-electron chi connectivity index (χ3n) is 3.62. The molecule has 1 aromatic rings. The highest BCUT2D eigenvalue weighted by molar-refractivity contribution is 5.62. The van der Waals surface area contributed by atoms with Gasteiger partial charge in [-0.3, -0.25) is 0 Å². The molecule has 0 aliphatic carbocycles. The highest BCUT2D eigenvalue weighted by Crippen LogP contribution is 2.20. The number of nitrogens with one attached hydrogen (secondary N) is 1. The number of benzene rings is 1. The number of carbonyl (C=O) groups is 1. The van der Waals surface area contributed by atoms with E-state index < -0.39 is 0 Å². The molecule has 1 rings (SSSR count). The van der Waals surface area contributed by atoms with Crippen LogP contribution in [-0.4, -0.2) is 12.8 Å². The fraction of sp³-hybridized carbons (Fsp3) is 0.316. The molecule has 2 nitrogen and oxygen atoms in total. The van der Waals surface area contributed by atoms with Crippen LogP contribution in [0.1, 0.15) is 24.5 Å². The Morgan fingerprint density at radius 1 is 1.24 bits per heavy atom. The van der Waals surface area contributed by atoms with Crippen molar-refractivity contribution in [3.8, 4) is 0 Å². The number of hydrogen-bond acceptors (Lipinski definition) is 2. The highest BCUT2D eigenvalue weighted by Gasteiger charge is 2.15. The molecule has 2 heteroatoms. The predicted molar refractivity (Wildman–Crippen MR) is 90.2 cm³/mol. The van der Waals surface area contributed by atoms with Gasteiger partial charge in [-0.1, -0.05) is 56.5 Å². The van der Waals surface area contributed by atoms with Crippen molar-refractivity contribution < 1.29 is 4.79 Å². The number of carbonyl (C=O) groups excluding carboxylic acids is 1. The molecule has 1 atom stereocenters. The Balaban J connectivity index is 2.64. The summed E-state index contributed by atoms with van der Waals surface area (Å²) in [6, 6.07) is 8.22. The minimum absolute atomic E-state index is 0.225. The average Bonchev–Trinajstić information content (AvgIpc) is 2.50. The third-order valence-corrected chi connectivity index (χ3v) is 3.62. The van der Waals surface area contributed by atoms with Crippen molar-refractivity contribution in [2.24, 2.45) is 5.92 Å². The van der Waals surface area contributed by atoms with Gasteiger partial charge in [0, 0.05) is 18.2 Å². The molecule has 0 unspecified atom stereocenters. The van der Waals surface area contributed by atoms with Gasteiger partial charge in [-0.2, -0.15) is 0 Å². The van der Waals surface area contributed by atoms with E-state index in [1.165, 1.54) is 5.56 Å². The Hall–Kier alpha value is -2.09. The average molecular weight is 283 g/mol. The molecule has 1 aromatic carbocycles. The zero-order chi connectivity index (χ0) is 15.8. The van der Waals surface area contributed by atoms with Gasteiger partial charge in [0.05, 0.1) is 0 Å². The molecular formula is C19H25NO. The summed E-state index contributed by atoms with van der Waals surface area (Å²) in [5, 5.41) is 3.19. The maximum atomic E-state index is 11.4. The SMILES string of the molecule is C=C(CC)NCC(=C)C(=C)[C@H](C=O)Cc1ccc(C)cc1. The first-order valence-electron chi connectivity index (χ1n) is 7.27. The molecule has 0 heterocycles. The first-order chi connectivity index (χ1) is 9.97. The van der Waals surface area contributed by atoms with Crippen LogP contribution in [-0.2, 0) is 11.2 Å². The van der Waals surface area contributed by atoms with Crippen molar-refractivity contribution in [2.75, 3.05) is 6.54 Å². The zero-order valence-electron chi connectivity index (χ0n) is 13.1. The second-order valence-electron chi connectivity index (χ2n) is 5.37. The summed E-state index contributed by atoms with van der Waals surface area (Å²) in [4.78, 5) is 11.4. The van der Waals surface area contributed by atoms with Crippen molar-refractivity contribution in [3.63, 3.8) is 0 Å². The summed E-state index contributed by atoms with van der Waals surface area (Å²) >= 11 is 0. The lowest BCUT2D eigenvalue weighted by Gasteiger charge is -2.17. The zero-order valence-corrected chi connectivity index (χ0v) is 13.1. The molecule has 0 aromatic heterocycles. The van der Waals surface area contributed by atoms with Gasteiger partial charge >= 0.3 is 0 Å². The van der Waals surface area contributed by atoms with Gasteiger partial charge < -0.3 is 10.1 Å². The van der Waals surface area contributed by atoms with Gasteiger partial charge in [0.25, 0.3) is 0 Å². The van der Waals surface area contributed by atoms with E-state index in [4.69, 9.17) is 0 Å². The fourth-order valence-corrected chi connectivity index (χ4v) is 1.96. The molecule has 0 saturated carbocycles. The predicted octanol–water partition coefficient (Wildman–Crippen LogP) is 3.98. The Kier molecular flexibility index (Phi) is 6.67. The van der Waals surface area contributed by atoms with E-state index in [0.717, 1.165) is 35.1 Å². The smallest absolute Gasteiger partial charge is 0.127 e. The minimum Gasteiger partial charge on any atom is -0.385 e. The lowest BCUT2D eigenvalue weighted by molar-refractivity contribution is -0.110. The molecule has 0 saturated heterocycles. The van der Waals surface area contributed by atoms with Crippen LogP contribution in [0.25, 0.3) is 0 Å². The lowest BCUT2D eigenvalue weighted by Crippen LogP contribution is -2.19. The first kappa shape index (κ1) is 17.0. The first-order valence-corrected chi connectivity index (χ1v) is 7.27. The number of allylic oxidation sites excluding steroid dienone is 1. The normalized spacial score (nSPS) is 11.5. The summed E-state index contributed by atoms with van der Waals surface area (Å²) in [7, 11) is 0. The molecule has 112 valence electrons. The van der Waals surface area contributed by atoms with E-state index in [-0.39, 0.29) is 5.92 Å². The maximum absolute atomic E-state index is 11.4. The second kappa shape index (κ2) is 8.25. The number of aldehydes is 1. The fourth-order valence-electron chi connectivity index (χ4n) is 1.96. The van der Waals surface area contributed by atoms with Gasteiger partial charge in [-0.15, -0.1) is 0 Å². The molecule has 21 heavy (non-hydrogen) atoms. The van der Waals surface area contributed by atoms with E-state index in [0.29, 0.717) is 13.0 Å².